The Morgan fingerprint density at radius 2 is 2.40 bits per heavy atom. The van der Waals surface area contributed by atoms with E-state index in [9.17, 15) is 4.79 Å². The number of anilines is 1. The second-order valence-corrected chi connectivity index (χ2v) is 4.13. The summed E-state index contributed by atoms with van der Waals surface area (Å²) in [6.45, 7) is 1.87. The van der Waals surface area contributed by atoms with Crippen LogP contribution in [0.5, 0.6) is 0 Å². The van der Waals surface area contributed by atoms with Gasteiger partial charge in [0.2, 0.25) is 11.6 Å². The topological polar surface area (TPSA) is 146 Å². The Morgan fingerprint density at radius 3 is 3.00 bits per heavy atom. The molecule has 2 aromatic heterocycles. The summed E-state index contributed by atoms with van der Waals surface area (Å²) in [4.78, 5) is 11.8. The summed E-state index contributed by atoms with van der Waals surface area (Å²) in [5.74, 6) is -0.387. The van der Waals surface area contributed by atoms with Crippen LogP contribution >= 0.6 is 11.8 Å². The van der Waals surface area contributed by atoms with Crippen LogP contribution in [0, 0.1) is 10.7 Å². The average molecular weight is 295 g/mol. The van der Waals surface area contributed by atoms with Gasteiger partial charge >= 0.3 is 5.97 Å². The van der Waals surface area contributed by atoms with E-state index < -0.39 is 5.97 Å². The van der Waals surface area contributed by atoms with Crippen molar-refractivity contribution < 1.29 is 14.2 Å². The summed E-state index contributed by atoms with van der Waals surface area (Å²) in [7, 11) is 0. The predicted molar refractivity (Wildman–Crippen MR) is 66.5 cm³/mol. The van der Waals surface area contributed by atoms with Gasteiger partial charge in [-0.3, -0.25) is 0 Å². The van der Waals surface area contributed by atoms with E-state index in [1.807, 2.05) is 5.40 Å². The van der Waals surface area contributed by atoms with Crippen LogP contribution in [0.2, 0.25) is 0 Å². The maximum atomic E-state index is 11.8. The molecule has 0 saturated heterocycles. The van der Waals surface area contributed by atoms with Gasteiger partial charge in [-0.15, -0.1) is 5.10 Å². The third-order valence-electron chi connectivity index (χ3n) is 2.20. The lowest BCUT2D eigenvalue weighted by atomic mass is 10.3. The number of nitrogens with zero attached hydrogens (tertiary/aromatic N) is 6. The number of rotatable bonds is 5. The zero-order chi connectivity index (χ0) is 14.5. The SMILES string of the molecule is CCOC(=O)c1nnn(-c2nonc2N)c1CSC#N. The summed E-state index contributed by atoms with van der Waals surface area (Å²) in [6, 6.07) is 0. The number of carbonyl (C=O) groups is 1. The van der Waals surface area contributed by atoms with E-state index in [2.05, 4.69) is 25.3 Å². The van der Waals surface area contributed by atoms with Gasteiger partial charge in [-0.25, -0.2) is 9.42 Å². The van der Waals surface area contributed by atoms with E-state index in [0.29, 0.717) is 5.69 Å². The molecular formula is C9H9N7O3S. The number of ether oxygens (including phenoxy) is 1. The molecule has 0 amide bonds. The minimum atomic E-state index is -0.637. The fraction of sp³-hybridized carbons (Fsp3) is 0.333. The van der Waals surface area contributed by atoms with Gasteiger partial charge in [0, 0.05) is 0 Å². The molecule has 0 fully saturated rings. The van der Waals surface area contributed by atoms with Gasteiger partial charge in [-0.05, 0) is 29.0 Å². The molecule has 0 spiro atoms. The number of nitrogens with two attached hydrogens (primary N) is 1. The summed E-state index contributed by atoms with van der Waals surface area (Å²) >= 11 is 0.910. The molecule has 104 valence electrons. The number of hydrogen-bond donors (Lipinski definition) is 1. The highest BCUT2D eigenvalue weighted by molar-refractivity contribution is 8.02. The van der Waals surface area contributed by atoms with E-state index in [1.165, 1.54) is 4.68 Å². The molecule has 0 aromatic carbocycles. The molecule has 0 aliphatic carbocycles. The second-order valence-electron chi connectivity index (χ2n) is 3.37. The first kappa shape index (κ1) is 13.8. The maximum Gasteiger partial charge on any atom is 0.360 e. The van der Waals surface area contributed by atoms with E-state index in [0.717, 1.165) is 11.8 Å². The number of carbonyl (C=O) groups excluding carboxylic acids is 1. The van der Waals surface area contributed by atoms with Gasteiger partial charge in [0.1, 0.15) is 5.40 Å². The molecule has 2 aromatic rings. The maximum absolute atomic E-state index is 11.8. The Hall–Kier alpha value is -2.61. The molecule has 0 saturated carbocycles. The first-order valence-electron chi connectivity index (χ1n) is 5.40. The van der Waals surface area contributed by atoms with Crippen LogP contribution < -0.4 is 5.73 Å². The molecule has 0 radical (unpaired) electrons. The molecular weight excluding hydrogens is 286 g/mol. The third-order valence-corrected chi connectivity index (χ3v) is 2.75. The molecule has 2 rings (SSSR count). The zero-order valence-corrected chi connectivity index (χ0v) is 11.1. The lowest BCUT2D eigenvalue weighted by Gasteiger charge is -2.03. The molecule has 11 heteroatoms. The number of esters is 1. The fourth-order valence-electron chi connectivity index (χ4n) is 1.40. The second kappa shape index (κ2) is 6.02. The van der Waals surface area contributed by atoms with Gasteiger partial charge in [0.25, 0.3) is 0 Å². The van der Waals surface area contributed by atoms with E-state index in [-0.39, 0.29) is 29.7 Å². The summed E-state index contributed by atoms with van der Waals surface area (Å²) < 4.78 is 10.5. The Labute approximate surface area is 116 Å². The molecule has 0 aliphatic rings. The third kappa shape index (κ3) is 2.54. The highest BCUT2D eigenvalue weighted by atomic mass is 32.2. The minimum absolute atomic E-state index is 0.00278. The number of aromatic nitrogens is 5. The molecule has 2 heterocycles. The minimum Gasteiger partial charge on any atom is -0.461 e. The molecule has 20 heavy (non-hydrogen) atoms. The predicted octanol–water partition coefficient (Wildman–Crippen LogP) is 0.123. The van der Waals surface area contributed by atoms with Crippen LogP contribution in [0.25, 0.3) is 5.82 Å². The number of hydrogen-bond acceptors (Lipinski definition) is 10. The van der Waals surface area contributed by atoms with Crippen molar-refractivity contribution in [3.63, 3.8) is 0 Å². The van der Waals surface area contributed by atoms with Crippen molar-refractivity contribution in [3.05, 3.63) is 11.4 Å². The van der Waals surface area contributed by atoms with Crippen molar-refractivity contribution in [2.75, 3.05) is 12.3 Å². The highest BCUT2D eigenvalue weighted by Crippen LogP contribution is 2.20. The van der Waals surface area contributed by atoms with Gasteiger partial charge in [-0.2, -0.15) is 9.94 Å². The van der Waals surface area contributed by atoms with Gasteiger partial charge in [0.05, 0.1) is 18.1 Å². The summed E-state index contributed by atoms with van der Waals surface area (Å²) in [5, 5.41) is 25.1. The highest BCUT2D eigenvalue weighted by Gasteiger charge is 2.24. The van der Waals surface area contributed by atoms with Crippen molar-refractivity contribution >= 4 is 23.5 Å². The number of thioether (sulfide) groups is 1. The van der Waals surface area contributed by atoms with Crippen LogP contribution in [-0.2, 0) is 10.5 Å². The molecule has 0 bridgehead atoms. The van der Waals surface area contributed by atoms with E-state index in [4.69, 9.17) is 15.7 Å². The van der Waals surface area contributed by atoms with Gasteiger partial charge in [-0.1, -0.05) is 5.21 Å². The summed E-state index contributed by atoms with van der Waals surface area (Å²) in [6.07, 6.45) is 0. The summed E-state index contributed by atoms with van der Waals surface area (Å²) in [5.41, 5.74) is 5.90. The van der Waals surface area contributed by atoms with E-state index in [1.54, 1.807) is 6.92 Å². The van der Waals surface area contributed by atoms with Crippen molar-refractivity contribution in [3.8, 4) is 11.2 Å². The fourth-order valence-corrected chi connectivity index (χ4v) is 1.86. The number of nitrogen functional groups attached to an aromatic ring is 1. The van der Waals surface area contributed by atoms with Gasteiger partial charge < -0.3 is 10.5 Å². The lowest BCUT2D eigenvalue weighted by molar-refractivity contribution is 0.0518. The largest absolute Gasteiger partial charge is 0.461 e. The van der Waals surface area contributed by atoms with Crippen LogP contribution in [0.4, 0.5) is 5.82 Å². The smallest absolute Gasteiger partial charge is 0.360 e. The Kier molecular flexibility index (Phi) is 4.16. The molecule has 0 aliphatic heterocycles. The molecule has 0 unspecified atom stereocenters. The Bertz CT molecular complexity index is 659. The van der Waals surface area contributed by atoms with Crippen LogP contribution in [0.1, 0.15) is 23.1 Å². The first-order chi connectivity index (χ1) is 9.69. The Morgan fingerprint density at radius 1 is 1.60 bits per heavy atom. The van der Waals surface area contributed by atoms with Crippen molar-refractivity contribution in [2.24, 2.45) is 0 Å². The zero-order valence-electron chi connectivity index (χ0n) is 10.3. The molecule has 10 nitrogen and oxygen atoms in total. The van der Waals surface area contributed by atoms with Crippen molar-refractivity contribution in [2.45, 2.75) is 12.7 Å². The first-order valence-corrected chi connectivity index (χ1v) is 6.38. The normalized spacial score (nSPS) is 10.2. The van der Waals surface area contributed by atoms with E-state index >= 15 is 0 Å². The number of thiocyanates is 1. The molecule has 2 N–H and O–H groups in total. The van der Waals surface area contributed by atoms with Crippen LogP contribution in [0.3, 0.4) is 0 Å². The van der Waals surface area contributed by atoms with Crippen molar-refractivity contribution in [1.82, 2.24) is 25.3 Å². The Balaban J connectivity index is 2.45. The average Bonchev–Trinajstić information content (AvgIpc) is 3.02. The quantitative estimate of drug-likeness (QED) is 0.596. The lowest BCUT2D eigenvalue weighted by Crippen LogP contribution is -2.10. The standard InChI is InChI=1S/C9H9N7O3S/c1-2-18-9(17)6-5(3-20-4-10)16(15-12-6)8-7(11)13-19-14-8/h2-3H2,1H3,(H2,11,13). The van der Waals surface area contributed by atoms with Crippen LogP contribution in [0.15, 0.2) is 4.63 Å². The van der Waals surface area contributed by atoms with Gasteiger partial charge in [0.15, 0.2) is 5.69 Å². The monoisotopic (exact) mass is 295 g/mol. The number of nitriles is 1. The van der Waals surface area contributed by atoms with Crippen LogP contribution in [-0.4, -0.2) is 37.9 Å². The molecule has 0 atom stereocenters. The van der Waals surface area contributed by atoms with Crippen molar-refractivity contribution in [1.29, 1.82) is 5.26 Å².